The first kappa shape index (κ1) is 11.4. The highest BCUT2D eigenvalue weighted by molar-refractivity contribution is 5.58. The molecule has 1 N–H and O–H groups in total. The number of hydrogen-bond acceptors (Lipinski definition) is 4. The molecule has 4 nitrogen and oxygen atoms in total. The van der Waals surface area contributed by atoms with Crippen LogP contribution in [0, 0.1) is 13.8 Å². The Hall–Kier alpha value is -1.68. The van der Waals surface area contributed by atoms with E-state index in [-0.39, 0.29) is 0 Å². The van der Waals surface area contributed by atoms with Crippen molar-refractivity contribution in [1.29, 1.82) is 0 Å². The number of aromatic nitrogens is 2. The van der Waals surface area contributed by atoms with Crippen LogP contribution in [0.5, 0.6) is 0 Å². The second kappa shape index (κ2) is 4.53. The van der Waals surface area contributed by atoms with Crippen LogP contribution in [-0.2, 0) is 6.54 Å². The average Bonchev–Trinajstić information content (AvgIpc) is 3.05. The SMILES string of the molecule is Cc1ccc(-c2nnc(CNC3CC3)o2)c(C)c1. The lowest BCUT2D eigenvalue weighted by Crippen LogP contribution is -2.15. The fourth-order valence-corrected chi connectivity index (χ4v) is 2.01. The molecule has 0 saturated heterocycles. The Morgan fingerprint density at radius 3 is 2.83 bits per heavy atom. The van der Waals surface area contributed by atoms with E-state index in [9.17, 15) is 0 Å². The molecule has 1 heterocycles. The van der Waals surface area contributed by atoms with Crippen LogP contribution in [0.15, 0.2) is 22.6 Å². The summed E-state index contributed by atoms with van der Waals surface area (Å²) >= 11 is 0. The number of nitrogens with zero attached hydrogens (tertiary/aromatic N) is 2. The molecule has 18 heavy (non-hydrogen) atoms. The van der Waals surface area contributed by atoms with Crippen LogP contribution in [0.25, 0.3) is 11.5 Å². The molecule has 1 fully saturated rings. The van der Waals surface area contributed by atoms with Gasteiger partial charge in [-0.25, -0.2) is 0 Å². The first-order valence-electron chi connectivity index (χ1n) is 6.36. The van der Waals surface area contributed by atoms with E-state index < -0.39 is 0 Å². The van der Waals surface area contributed by atoms with Crippen LogP contribution in [0.2, 0.25) is 0 Å². The average molecular weight is 243 g/mol. The van der Waals surface area contributed by atoms with Gasteiger partial charge in [0, 0.05) is 11.6 Å². The molecule has 94 valence electrons. The van der Waals surface area contributed by atoms with Crippen molar-refractivity contribution in [3.8, 4) is 11.5 Å². The number of hydrogen-bond donors (Lipinski definition) is 1. The normalized spacial score (nSPS) is 15.0. The second-order valence-corrected chi connectivity index (χ2v) is 4.97. The third kappa shape index (κ3) is 2.43. The Morgan fingerprint density at radius 1 is 1.28 bits per heavy atom. The van der Waals surface area contributed by atoms with Gasteiger partial charge in [-0.2, -0.15) is 0 Å². The topological polar surface area (TPSA) is 51.0 Å². The highest BCUT2D eigenvalue weighted by Gasteiger charge is 2.21. The van der Waals surface area contributed by atoms with E-state index >= 15 is 0 Å². The van der Waals surface area contributed by atoms with E-state index in [4.69, 9.17) is 4.42 Å². The minimum absolute atomic E-state index is 0.611. The first-order valence-corrected chi connectivity index (χ1v) is 6.36. The van der Waals surface area contributed by atoms with Gasteiger partial charge in [0.25, 0.3) is 0 Å². The van der Waals surface area contributed by atoms with Crippen molar-refractivity contribution >= 4 is 0 Å². The third-order valence-electron chi connectivity index (χ3n) is 3.20. The molecule has 4 heteroatoms. The van der Waals surface area contributed by atoms with Gasteiger partial charge in [-0.15, -0.1) is 10.2 Å². The second-order valence-electron chi connectivity index (χ2n) is 4.97. The zero-order valence-corrected chi connectivity index (χ0v) is 10.7. The van der Waals surface area contributed by atoms with E-state index in [1.165, 1.54) is 24.0 Å². The van der Waals surface area contributed by atoms with Crippen molar-refractivity contribution in [2.75, 3.05) is 0 Å². The molecule has 1 aromatic carbocycles. The highest BCUT2D eigenvalue weighted by Crippen LogP contribution is 2.23. The van der Waals surface area contributed by atoms with Gasteiger partial charge < -0.3 is 9.73 Å². The molecule has 1 aromatic heterocycles. The molecule has 0 aliphatic heterocycles. The minimum atomic E-state index is 0.611. The van der Waals surface area contributed by atoms with Crippen LogP contribution < -0.4 is 5.32 Å². The summed E-state index contributed by atoms with van der Waals surface area (Å²) < 4.78 is 5.68. The predicted molar refractivity (Wildman–Crippen MR) is 69.1 cm³/mol. The molecule has 0 radical (unpaired) electrons. The Balaban J connectivity index is 1.78. The number of rotatable bonds is 4. The summed E-state index contributed by atoms with van der Waals surface area (Å²) in [5, 5.41) is 11.6. The summed E-state index contributed by atoms with van der Waals surface area (Å²) in [6.45, 7) is 4.81. The van der Waals surface area contributed by atoms with Gasteiger partial charge in [0.05, 0.1) is 6.54 Å². The largest absolute Gasteiger partial charge is 0.419 e. The molecule has 0 bridgehead atoms. The lowest BCUT2D eigenvalue weighted by Gasteiger charge is -2.01. The fourth-order valence-electron chi connectivity index (χ4n) is 2.01. The van der Waals surface area contributed by atoms with Gasteiger partial charge in [0.15, 0.2) is 0 Å². The van der Waals surface area contributed by atoms with Gasteiger partial charge in [-0.05, 0) is 38.3 Å². The van der Waals surface area contributed by atoms with Crippen LogP contribution in [0.3, 0.4) is 0 Å². The predicted octanol–water partition coefficient (Wildman–Crippen LogP) is 2.61. The Bertz CT molecular complexity index is 558. The molecule has 3 rings (SSSR count). The van der Waals surface area contributed by atoms with Crippen LogP contribution in [0.1, 0.15) is 29.9 Å². The molecule has 1 saturated carbocycles. The highest BCUT2D eigenvalue weighted by atomic mass is 16.4. The Morgan fingerprint density at radius 2 is 2.11 bits per heavy atom. The van der Waals surface area contributed by atoms with Crippen molar-refractivity contribution in [2.24, 2.45) is 0 Å². The Labute approximate surface area is 106 Å². The maximum absolute atomic E-state index is 5.68. The monoisotopic (exact) mass is 243 g/mol. The number of benzene rings is 1. The smallest absolute Gasteiger partial charge is 0.248 e. The minimum Gasteiger partial charge on any atom is -0.419 e. The molecule has 1 aliphatic carbocycles. The maximum Gasteiger partial charge on any atom is 0.248 e. The van der Waals surface area contributed by atoms with Crippen molar-refractivity contribution < 1.29 is 4.42 Å². The number of aryl methyl sites for hydroxylation is 2. The van der Waals surface area contributed by atoms with Crippen LogP contribution in [0.4, 0.5) is 0 Å². The number of nitrogens with one attached hydrogen (secondary N) is 1. The summed E-state index contributed by atoms with van der Waals surface area (Å²) in [5.41, 5.74) is 3.43. The molecule has 2 aromatic rings. The van der Waals surface area contributed by atoms with Crippen molar-refractivity contribution in [2.45, 2.75) is 39.3 Å². The van der Waals surface area contributed by atoms with E-state index in [0.717, 1.165) is 5.56 Å². The zero-order chi connectivity index (χ0) is 12.5. The van der Waals surface area contributed by atoms with E-state index in [0.29, 0.717) is 24.4 Å². The zero-order valence-electron chi connectivity index (χ0n) is 10.7. The summed E-state index contributed by atoms with van der Waals surface area (Å²) in [4.78, 5) is 0. The van der Waals surface area contributed by atoms with Gasteiger partial charge >= 0.3 is 0 Å². The lowest BCUT2D eigenvalue weighted by molar-refractivity contribution is 0.476. The summed E-state index contributed by atoms with van der Waals surface area (Å²) in [6.07, 6.45) is 2.52. The van der Waals surface area contributed by atoms with E-state index in [2.05, 4.69) is 41.5 Å². The van der Waals surface area contributed by atoms with Crippen LogP contribution >= 0.6 is 0 Å². The maximum atomic E-state index is 5.68. The molecular formula is C14H17N3O. The van der Waals surface area contributed by atoms with E-state index in [1.54, 1.807) is 0 Å². The standard InChI is InChI=1S/C14H17N3O/c1-9-3-6-12(10(2)7-9)14-17-16-13(18-14)8-15-11-4-5-11/h3,6-7,11,15H,4-5,8H2,1-2H3. The lowest BCUT2D eigenvalue weighted by atomic mass is 10.1. The van der Waals surface area contributed by atoms with Crippen molar-refractivity contribution in [1.82, 2.24) is 15.5 Å². The first-order chi connectivity index (χ1) is 8.72. The molecule has 0 amide bonds. The molecule has 0 unspecified atom stereocenters. The molecule has 0 spiro atoms. The van der Waals surface area contributed by atoms with Gasteiger partial charge in [-0.1, -0.05) is 17.7 Å². The fraction of sp³-hybridized carbons (Fsp3) is 0.429. The van der Waals surface area contributed by atoms with E-state index in [1.807, 2.05) is 6.07 Å². The van der Waals surface area contributed by atoms with Gasteiger partial charge in [-0.3, -0.25) is 0 Å². The van der Waals surface area contributed by atoms with Crippen molar-refractivity contribution in [3.63, 3.8) is 0 Å². The quantitative estimate of drug-likeness (QED) is 0.896. The molecule has 1 aliphatic rings. The summed E-state index contributed by atoms with van der Waals surface area (Å²) in [7, 11) is 0. The summed E-state index contributed by atoms with van der Waals surface area (Å²) in [5.74, 6) is 1.27. The third-order valence-corrected chi connectivity index (χ3v) is 3.20. The van der Waals surface area contributed by atoms with Gasteiger partial charge in [0.1, 0.15) is 0 Å². The molecule has 0 atom stereocenters. The molecular weight excluding hydrogens is 226 g/mol. The Kier molecular flexibility index (Phi) is 2.88. The van der Waals surface area contributed by atoms with Crippen LogP contribution in [-0.4, -0.2) is 16.2 Å². The van der Waals surface area contributed by atoms with Crippen molar-refractivity contribution in [3.05, 3.63) is 35.2 Å². The van der Waals surface area contributed by atoms with Gasteiger partial charge in [0.2, 0.25) is 11.8 Å². The summed E-state index contributed by atoms with van der Waals surface area (Å²) in [6, 6.07) is 6.88.